The van der Waals surface area contributed by atoms with Crippen molar-refractivity contribution in [2.24, 2.45) is 0 Å². The van der Waals surface area contributed by atoms with Gasteiger partial charge in [0.15, 0.2) is 5.82 Å². The molecule has 3 rings (SSSR count). The number of piperazine rings is 1. The molecule has 1 saturated heterocycles. The first-order valence-corrected chi connectivity index (χ1v) is 12.1. The van der Waals surface area contributed by atoms with Crippen LogP contribution in [0.3, 0.4) is 0 Å². The van der Waals surface area contributed by atoms with Gasteiger partial charge >= 0.3 is 6.03 Å². The molecule has 10 heteroatoms. The van der Waals surface area contributed by atoms with Gasteiger partial charge in [-0.25, -0.2) is 4.79 Å². The van der Waals surface area contributed by atoms with E-state index in [1.54, 1.807) is 12.0 Å². The fraction of sp³-hybridized carbons (Fsp3) is 0.520. The lowest BCUT2D eigenvalue weighted by Gasteiger charge is -2.36. The molecule has 0 saturated carbocycles. The number of rotatable bonds is 10. The molecular formula is C25H37N7O3. The molecular weight excluding hydrogens is 446 g/mol. The molecule has 0 aliphatic carbocycles. The van der Waals surface area contributed by atoms with Crippen LogP contribution >= 0.6 is 0 Å². The van der Waals surface area contributed by atoms with Crippen LogP contribution in [-0.4, -0.2) is 110 Å². The number of hydrogen-bond acceptors (Lipinski definition) is 7. The molecule has 190 valence electrons. The maximum Gasteiger partial charge on any atom is 0.317 e. The van der Waals surface area contributed by atoms with E-state index < -0.39 is 0 Å². The smallest absolute Gasteiger partial charge is 0.317 e. The lowest BCUT2D eigenvalue weighted by atomic mass is 10.1. The van der Waals surface area contributed by atoms with E-state index in [0.717, 1.165) is 29.2 Å². The Bertz CT molecular complexity index is 960. The Morgan fingerprint density at radius 1 is 1.06 bits per heavy atom. The van der Waals surface area contributed by atoms with Crippen molar-refractivity contribution >= 4 is 17.8 Å². The van der Waals surface area contributed by atoms with E-state index in [-0.39, 0.29) is 18.5 Å². The van der Waals surface area contributed by atoms with Crippen LogP contribution in [0.15, 0.2) is 36.4 Å². The van der Waals surface area contributed by atoms with Crippen molar-refractivity contribution in [1.29, 1.82) is 0 Å². The van der Waals surface area contributed by atoms with Crippen LogP contribution in [0.1, 0.15) is 13.3 Å². The van der Waals surface area contributed by atoms with Crippen molar-refractivity contribution in [2.75, 3.05) is 78.5 Å². The zero-order valence-electron chi connectivity index (χ0n) is 21.2. The first kappa shape index (κ1) is 26.2. The fourth-order valence-corrected chi connectivity index (χ4v) is 3.80. The molecule has 2 aromatic rings. The Morgan fingerprint density at radius 3 is 2.46 bits per heavy atom. The van der Waals surface area contributed by atoms with Gasteiger partial charge in [0.25, 0.3) is 0 Å². The van der Waals surface area contributed by atoms with E-state index in [9.17, 15) is 9.59 Å². The number of aromatic nitrogens is 2. The van der Waals surface area contributed by atoms with Gasteiger partial charge in [0.1, 0.15) is 12.3 Å². The second kappa shape index (κ2) is 12.9. The van der Waals surface area contributed by atoms with Crippen LogP contribution in [0, 0.1) is 0 Å². The van der Waals surface area contributed by atoms with Gasteiger partial charge in [0.05, 0.1) is 12.8 Å². The standard InChI is InChI=1S/C25H37N7O3/c1-5-11-26-25(34)32(13-12-29(2)3)19-24(33)31-16-14-30(15-17-31)23-10-9-22(27-28-23)20-7-6-8-21(18-20)35-4/h6-10,18H,5,11-17,19H2,1-4H3,(H,26,34). The maximum atomic E-state index is 13.0. The molecule has 10 nitrogen and oxygen atoms in total. The lowest BCUT2D eigenvalue weighted by Crippen LogP contribution is -2.53. The van der Waals surface area contributed by atoms with Crippen LogP contribution in [0.5, 0.6) is 5.75 Å². The van der Waals surface area contributed by atoms with Gasteiger partial charge < -0.3 is 29.7 Å². The first-order chi connectivity index (χ1) is 16.9. The number of methoxy groups -OCH3 is 1. The summed E-state index contributed by atoms with van der Waals surface area (Å²) < 4.78 is 5.29. The van der Waals surface area contributed by atoms with Crippen molar-refractivity contribution < 1.29 is 14.3 Å². The second-order valence-corrected chi connectivity index (χ2v) is 8.83. The van der Waals surface area contributed by atoms with E-state index in [4.69, 9.17) is 4.74 Å². The Labute approximate surface area is 207 Å². The number of nitrogens with zero attached hydrogens (tertiary/aromatic N) is 6. The zero-order valence-corrected chi connectivity index (χ0v) is 21.2. The van der Waals surface area contributed by atoms with Gasteiger partial charge in [0, 0.05) is 51.4 Å². The first-order valence-electron chi connectivity index (χ1n) is 12.1. The number of carbonyl (C=O) groups excluding carboxylic acids is 2. The van der Waals surface area contributed by atoms with Crippen molar-refractivity contribution in [2.45, 2.75) is 13.3 Å². The van der Waals surface area contributed by atoms with Gasteiger partial charge in [-0.15, -0.1) is 10.2 Å². The quantitative estimate of drug-likeness (QED) is 0.551. The molecule has 0 radical (unpaired) electrons. The minimum absolute atomic E-state index is 0.0329. The highest BCUT2D eigenvalue weighted by Crippen LogP contribution is 2.23. The molecule has 1 N–H and O–H groups in total. The van der Waals surface area contributed by atoms with Crippen LogP contribution in [-0.2, 0) is 4.79 Å². The third-order valence-corrected chi connectivity index (χ3v) is 5.93. The number of hydrogen-bond donors (Lipinski definition) is 1. The second-order valence-electron chi connectivity index (χ2n) is 8.83. The summed E-state index contributed by atoms with van der Waals surface area (Å²) in [6, 6.07) is 11.4. The van der Waals surface area contributed by atoms with Gasteiger partial charge in [0.2, 0.25) is 5.91 Å². The average molecular weight is 484 g/mol. The van der Waals surface area contributed by atoms with E-state index in [2.05, 4.69) is 20.4 Å². The van der Waals surface area contributed by atoms with Crippen molar-refractivity contribution in [3.05, 3.63) is 36.4 Å². The fourth-order valence-electron chi connectivity index (χ4n) is 3.80. The molecule has 2 heterocycles. The summed E-state index contributed by atoms with van der Waals surface area (Å²) in [6.45, 7) is 6.38. The maximum absolute atomic E-state index is 13.0. The number of benzene rings is 1. The third-order valence-electron chi connectivity index (χ3n) is 5.93. The molecule has 1 aromatic heterocycles. The summed E-state index contributed by atoms with van der Waals surface area (Å²) >= 11 is 0. The molecule has 0 spiro atoms. The van der Waals surface area contributed by atoms with Crippen LogP contribution in [0.4, 0.5) is 10.6 Å². The van der Waals surface area contributed by atoms with Crippen LogP contribution < -0.4 is 15.0 Å². The molecule has 1 fully saturated rings. The Balaban J connectivity index is 1.55. The van der Waals surface area contributed by atoms with Gasteiger partial charge in [-0.3, -0.25) is 4.79 Å². The Morgan fingerprint density at radius 2 is 1.83 bits per heavy atom. The Kier molecular flexibility index (Phi) is 9.66. The SMILES string of the molecule is CCCNC(=O)N(CCN(C)C)CC(=O)N1CCN(c2ccc(-c3cccc(OC)c3)nn2)CC1. The highest BCUT2D eigenvalue weighted by atomic mass is 16.5. The number of anilines is 1. The lowest BCUT2D eigenvalue weighted by molar-refractivity contribution is -0.132. The largest absolute Gasteiger partial charge is 0.497 e. The van der Waals surface area contributed by atoms with E-state index >= 15 is 0 Å². The summed E-state index contributed by atoms with van der Waals surface area (Å²) in [5, 5.41) is 11.7. The molecule has 0 bridgehead atoms. The van der Waals surface area contributed by atoms with Crippen LogP contribution in [0.25, 0.3) is 11.3 Å². The van der Waals surface area contributed by atoms with Crippen molar-refractivity contribution in [3.63, 3.8) is 0 Å². The monoisotopic (exact) mass is 483 g/mol. The van der Waals surface area contributed by atoms with E-state index in [1.165, 1.54) is 0 Å². The predicted octanol–water partition coefficient (Wildman–Crippen LogP) is 1.78. The third kappa shape index (κ3) is 7.54. The number of carbonyl (C=O) groups is 2. The summed E-state index contributed by atoms with van der Waals surface area (Å²) in [4.78, 5) is 33.1. The molecule has 3 amide bonds. The summed E-state index contributed by atoms with van der Waals surface area (Å²) in [6.07, 6.45) is 0.854. The van der Waals surface area contributed by atoms with Crippen molar-refractivity contribution in [1.82, 2.24) is 30.2 Å². The molecule has 1 aliphatic rings. The number of ether oxygens (including phenoxy) is 1. The number of likely N-dealkylation sites (N-methyl/N-ethyl adjacent to an activating group) is 1. The molecule has 0 atom stereocenters. The number of nitrogens with one attached hydrogen (secondary N) is 1. The number of urea groups is 1. The molecule has 1 aliphatic heterocycles. The van der Waals surface area contributed by atoms with E-state index in [0.29, 0.717) is 45.8 Å². The number of amides is 3. The topological polar surface area (TPSA) is 94.1 Å². The zero-order chi connectivity index (χ0) is 25.2. The van der Waals surface area contributed by atoms with Gasteiger partial charge in [-0.05, 0) is 44.8 Å². The molecule has 0 unspecified atom stereocenters. The highest BCUT2D eigenvalue weighted by Gasteiger charge is 2.25. The van der Waals surface area contributed by atoms with Gasteiger partial charge in [-0.1, -0.05) is 19.1 Å². The average Bonchev–Trinajstić information content (AvgIpc) is 2.89. The van der Waals surface area contributed by atoms with E-state index in [1.807, 2.05) is 67.2 Å². The van der Waals surface area contributed by atoms with Crippen molar-refractivity contribution in [3.8, 4) is 17.0 Å². The molecule has 35 heavy (non-hydrogen) atoms. The summed E-state index contributed by atoms with van der Waals surface area (Å²) in [5.41, 5.74) is 1.72. The summed E-state index contributed by atoms with van der Waals surface area (Å²) in [7, 11) is 5.55. The minimum atomic E-state index is -0.188. The van der Waals surface area contributed by atoms with Gasteiger partial charge in [-0.2, -0.15) is 0 Å². The summed E-state index contributed by atoms with van der Waals surface area (Å²) in [5.74, 6) is 1.53. The normalized spacial score (nSPS) is 13.6. The highest BCUT2D eigenvalue weighted by molar-refractivity contribution is 5.84. The molecule has 1 aromatic carbocycles. The Hall–Kier alpha value is -3.40. The van der Waals surface area contributed by atoms with Crippen LogP contribution in [0.2, 0.25) is 0 Å². The minimum Gasteiger partial charge on any atom is -0.497 e. The predicted molar refractivity (Wildman–Crippen MR) is 137 cm³/mol.